The molecule has 3 heterocycles. The largest absolute Gasteiger partial charge is 0.313 e. The molecule has 134 valence electrons. The van der Waals surface area contributed by atoms with Crippen molar-refractivity contribution in [3.8, 4) is 0 Å². The lowest BCUT2D eigenvalue weighted by Gasteiger charge is -2.27. The van der Waals surface area contributed by atoms with Crippen molar-refractivity contribution in [3.05, 3.63) is 23.9 Å². The van der Waals surface area contributed by atoms with E-state index in [4.69, 9.17) is 0 Å². The Morgan fingerprint density at radius 3 is 2.96 bits per heavy atom. The van der Waals surface area contributed by atoms with Crippen LogP contribution < -0.4 is 5.32 Å². The molecular formula is C17H25N7O. The topological polar surface area (TPSA) is 80.9 Å². The van der Waals surface area contributed by atoms with Crippen molar-refractivity contribution in [2.24, 2.45) is 5.92 Å². The minimum Gasteiger partial charge on any atom is -0.313 e. The normalized spacial score (nSPS) is 18.8. The highest BCUT2D eigenvalue weighted by molar-refractivity contribution is 5.91. The number of hydrogen-bond acceptors (Lipinski definition) is 5. The summed E-state index contributed by atoms with van der Waals surface area (Å²) in [7, 11) is 0. The fourth-order valence-corrected chi connectivity index (χ4v) is 3.57. The van der Waals surface area contributed by atoms with Crippen LogP contribution in [0.15, 0.2) is 12.3 Å². The molecule has 0 spiro atoms. The molecule has 25 heavy (non-hydrogen) atoms. The second-order valence-electron chi connectivity index (χ2n) is 7.04. The van der Waals surface area contributed by atoms with E-state index in [9.17, 15) is 4.79 Å². The van der Waals surface area contributed by atoms with Gasteiger partial charge in [0, 0.05) is 25.6 Å². The van der Waals surface area contributed by atoms with Crippen LogP contribution in [0.4, 0.5) is 5.82 Å². The summed E-state index contributed by atoms with van der Waals surface area (Å²) in [6.07, 6.45) is 5.14. The van der Waals surface area contributed by atoms with Gasteiger partial charge in [-0.1, -0.05) is 6.92 Å². The van der Waals surface area contributed by atoms with Gasteiger partial charge in [0.25, 0.3) is 0 Å². The number of nitrogens with zero attached hydrogens (tertiary/aromatic N) is 6. The van der Waals surface area contributed by atoms with Crippen LogP contribution in [-0.2, 0) is 24.3 Å². The first kappa shape index (κ1) is 16.3. The van der Waals surface area contributed by atoms with Gasteiger partial charge in [-0.15, -0.1) is 10.2 Å². The van der Waals surface area contributed by atoms with Crippen LogP contribution in [-0.4, -0.2) is 48.4 Å². The standard InChI is InChI=1S/C17H25N7O/c1-3-14-20-21-16-10-22(8-9-23(14)16)11-17(25)19-15-6-7-18-24(15)12(2)13-4-5-13/h6-7,12-13H,3-5,8-11H2,1-2H3,(H,19,25)/t12-/m1/s1. The number of nitrogens with one attached hydrogen (secondary N) is 1. The van der Waals surface area contributed by atoms with Crippen LogP contribution >= 0.6 is 0 Å². The summed E-state index contributed by atoms with van der Waals surface area (Å²) in [5.74, 6) is 3.45. The third-order valence-electron chi connectivity index (χ3n) is 5.22. The Morgan fingerprint density at radius 2 is 2.20 bits per heavy atom. The Kier molecular flexibility index (Phi) is 4.29. The molecule has 2 aliphatic rings. The number of aromatic nitrogens is 5. The molecule has 8 heteroatoms. The van der Waals surface area contributed by atoms with Gasteiger partial charge < -0.3 is 9.88 Å². The van der Waals surface area contributed by atoms with Crippen molar-refractivity contribution in [2.45, 2.75) is 52.2 Å². The highest BCUT2D eigenvalue weighted by Crippen LogP contribution is 2.40. The maximum Gasteiger partial charge on any atom is 0.239 e. The Morgan fingerprint density at radius 1 is 1.36 bits per heavy atom. The van der Waals surface area contributed by atoms with Crippen LogP contribution in [0.3, 0.4) is 0 Å². The molecule has 1 N–H and O–H groups in total. The first-order valence-electron chi connectivity index (χ1n) is 9.12. The van der Waals surface area contributed by atoms with E-state index in [2.05, 4.69) is 43.9 Å². The molecule has 1 saturated carbocycles. The molecule has 0 unspecified atom stereocenters. The molecule has 0 radical (unpaired) electrons. The number of carbonyl (C=O) groups excluding carboxylic acids is 1. The first-order valence-corrected chi connectivity index (χ1v) is 9.12. The average Bonchev–Trinajstić information content (AvgIpc) is 3.22. The van der Waals surface area contributed by atoms with E-state index < -0.39 is 0 Å². The van der Waals surface area contributed by atoms with Crippen LogP contribution in [0.2, 0.25) is 0 Å². The fraction of sp³-hybridized carbons (Fsp3) is 0.647. The molecule has 0 bridgehead atoms. The predicted molar refractivity (Wildman–Crippen MR) is 93.0 cm³/mol. The van der Waals surface area contributed by atoms with Gasteiger partial charge in [0.05, 0.1) is 25.3 Å². The SMILES string of the molecule is CCc1nnc2n1CCN(CC(=O)Nc1ccnn1[C@H](C)C1CC1)C2. The minimum atomic E-state index is -0.00609. The van der Waals surface area contributed by atoms with Gasteiger partial charge in [-0.2, -0.15) is 5.10 Å². The highest BCUT2D eigenvalue weighted by Gasteiger charge is 2.31. The molecule has 1 aliphatic heterocycles. The van der Waals surface area contributed by atoms with Crippen molar-refractivity contribution in [2.75, 3.05) is 18.4 Å². The predicted octanol–water partition coefficient (Wildman–Crippen LogP) is 1.46. The van der Waals surface area contributed by atoms with Gasteiger partial charge in [-0.25, -0.2) is 4.68 Å². The Bertz CT molecular complexity index is 761. The quantitative estimate of drug-likeness (QED) is 0.859. The van der Waals surface area contributed by atoms with E-state index in [1.54, 1.807) is 6.20 Å². The second kappa shape index (κ2) is 6.59. The second-order valence-corrected chi connectivity index (χ2v) is 7.04. The lowest BCUT2D eigenvalue weighted by atomic mass is 10.2. The zero-order valence-corrected chi connectivity index (χ0v) is 14.9. The lowest BCUT2D eigenvalue weighted by molar-refractivity contribution is -0.117. The molecule has 2 aromatic heterocycles. The van der Waals surface area contributed by atoms with Crippen molar-refractivity contribution < 1.29 is 4.79 Å². The molecule has 4 rings (SSSR count). The molecule has 1 fully saturated rings. The highest BCUT2D eigenvalue weighted by atomic mass is 16.2. The average molecular weight is 343 g/mol. The van der Waals surface area contributed by atoms with E-state index in [1.807, 2.05) is 10.7 Å². The van der Waals surface area contributed by atoms with Crippen molar-refractivity contribution in [1.82, 2.24) is 29.4 Å². The Hall–Kier alpha value is -2.22. The summed E-state index contributed by atoms with van der Waals surface area (Å²) in [4.78, 5) is 14.6. The summed E-state index contributed by atoms with van der Waals surface area (Å²) in [6.45, 7) is 6.96. The van der Waals surface area contributed by atoms with Crippen molar-refractivity contribution >= 4 is 11.7 Å². The van der Waals surface area contributed by atoms with Gasteiger partial charge in [-0.05, 0) is 25.7 Å². The summed E-state index contributed by atoms with van der Waals surface area (Å²) in [6, 6.07) is 2.21. The zero-order chi connectivity index (χ0) is 17.4. The number of anilines is 1. The molecule has 1 amide bonds. The van der Waals surface area contributed by atoms with E-state index in [0.717, 1.165) is 37.0 Å². The third-order valence-corrected chi connectivity index (χ3v) is 5.22. The minimum absolute atomic E-state index is 0.00609. The van der Waals surface area contributed by atoms with Gasteiger partial charge in [-0.3, -0.25) is 9.69 Å². The van der Waals surface area contributed by atoms with Crippen LogP contribution in [0.1, 0.15) is 44.4 Å². The van der Waals surface area contributed by atoms with Crippen LogP contribution in [0.5, 0.6) is 0 Å². The number of rotatable bonds is 6. The number of hydrogen-bond donors (Lipinski definition) is 1. The number of carbonyl (C=O) groups is 1. The van der Waals surface area contributed by atoms with Gasteiger partial charge >= 0.3 is 0 Å². The summed E-state index contributed by atoms with van der Waals surface area (Å²) in [5.41, 5.74) is 0. The number of aryl methyl sites for hydroxylation is 1. The van der Waals surface area contributed by atoms with E-state index >= 15 is 0 Å². The van der Waals surface area contributed by atoms with E-state index in [0.29, 0.717) is 25.0 Å². The maximum atomic E-state index is 12.5. The zero-order valence-electron chi connectivity index (χ0n) is 14.9. The smallest absolute Gasteiger partial charge is 0.239 e. The van der Waals surface area contributed by atoms with Crippen molar-refractivity contribution in [1.29, 1.82) is 0 Å². The first-order chi connectivity index (χ1) is 12.2. The van der Waals surface area contributed by atoms with Crippen LogP contribution in [0.25, 0.3) is 0 Å². The molecule has 1 aliphatic carbocycles. The van der Waals surface area contributed by atoms with E-state index in [-0.39, 0.29) is 5.91 Å². The van der Waals surface area contributed by atoms with Crippen LogP contribution in [0, 0.1) is 5.92 Å². The van der Waals surface area contributed by atoms with Gasteiger partial charge in [0.1, 0.15) is 17.5 Å². The molecule has 2 aromatic rings. The Labute approximate surface area is 147 Å². The van der Waals surface area contributed by atoms with E-state index in [1.165, 1.54) is 12.8 Å². The summed E-state index contributed by atoms with van der Waals surface area (Å²) in [5, 5.41) is 15.9. The molecular weight excluding hydrogens is 318 g/mol. The molecule has 1 atom stereocenters. The molecule has 0 saturated heterocycles. The lowest BCUT2D eigenvalue weighted by Crippen LogP contribution is -2.39. The molecule has 0 aromatic carbocycles. The summed E-state index contributed by atoms with van der Waals surface area (Å²) < 4.78 is 4.11. The third kappa shape index (κ3) is 3.30. The maximum absolute atomic E-state index is 12.5. The summed E-state index contributed by atoms with van der Waals surface area (Å²) >= 11 is 0. The van der Waals surface area contributed by atoms with Gasteiger partial charge in [0.15, 0.2) is 0 Å². The van der Waals surface area contributed by atoms with Gasteiger partial charge in [0.2, 0.25) is 5.91 Å². The number of amides is 1. The number of fused-ring (bicyclic) bond motifs is 1. The fourth-order valence-electron chi connectivity index (χ4n) is 3.57. The monoisotopic (exact) mass is 343 g/mol. The Balaban J connectivity index is 1.36. The van der Waals surface area contributed by atoms with Crippen molar-refractivity contribution in [3.63, 3.8) is 0 Å². The molecule has 8 nitrogen and oxygen atoms in total.